The third-order valence-electron chi connectivity index (χ3n) is 17.1. The third-order valence-corrected chi connectivity index (χ3v) is 19.9. The van der Waals surface area contributed by atoms with Gasteiger partial charge < -0.3 is 35.4 Å². The summed E-state index contributed by atoms with van der Waals surface area (Å²) in [5.41, 5.74) is 2.50. The van der Waals surface area contributed by atoms with E-state index in [0.29, 0.717) is 92.7 Å². The van der Waals surface area contributed by atoms with Gasteiger partial charge in [0.1, 0.15) is 68.6 Å². The molecule has 626 valence electrons. The molecule has 18 rings (SSSR count). The van der Waals surface area contributed by atoms with Crippen LogP contribution in [0.4, 0.5) is 67.7 Å². The first kappa shape index (κ1) is 94.9. The Morgan fingerprint density at radius 1 is 0.288 bits per heavy atom. The molecule has 6 aromatic heterocycles. The molecule has 0 aliphatic rings. The molecule has 25 nitrogen and oxygen atoms in total. The molecular weight excluding hydrogens is 1890 g/mol. The number of phenols is 6. The van der Waals surface area contributed by atoms with Crippen molar-refractivity contribution in [3.05, 3.63) is 327 Å². The number of ether oxygens (including phenoxy) is 1. The predicted molar refractivity (Wildman–Crippen MR) is 486 cm³/mol. The van der Waals surface area contributed by atoms with Crippen LogP contribution in [0.25, 0.3) is 64.6 Å². The smallest absolute Gasteiger partial charge is 0.229 e. The van der Waals surface area contributed by atoms with Crippen LogP contribution in [0.5, 0.6) is 40.2 Å². The zero-order valence-electron chi connectivity index (χ0n) is 64.8. The molecule has 0 saturated heterocycles. The number of aromatic hydroxyl groups is 6. The Bertz CT molecular complexity index is 6500. The number of pyridine rings is 4. The fraction of sp³-hybridized carbons (Fsp3) is 0.0337. The average molecular weight is 1960 g/mol. The van der Waals surface area contributed by atoms with Crippen molar-refractivity contribution in [3.8, 4) is 40.2 Å². The minimum Gasteiger partial charge on any atom is -0.506 e. The number of azo groups is 6. The van der Waals surface area contributed by atoms with Crippen LogP contribution < -0.4 is 4.74 Å². The summed E-state index contributed by atoms with van der Waals surface area (Å²) in [5, 5.41) is 126. The van der Waals surface area contributed by atoms with Gasteiger partial charge >= 0.3 is 0 Å². The fourth-order valence-corrected chi connectivity index (χ4v) is 13.6. The molecule has 0 aliphatic carbocycles. The van der Waals surface area contributed by atoms with Gasteiger partial charge in [-0.05, 0) is 105 Å². The van der Waals surface area contributed by atoms with Gasteiger partial charge in [0.15, 0.2) is 23.2 Å². The first-order valence-electron chi connectivity index (χ1n) is 36.5. The summed E-state index contributed by atoms with van der Waals surface area (Å²) in [6.45, 7) is 2.62. The molecule has 0 bridgehead atoms. The molecule has 0 atom stereocenters. The van der Waals surface area contributed by atoms with Gasteiger partial charge in [-0.2, -0.15) is 0 Å². The minimum absolute atomic E-state index is 0. The van der Waals surface area contributed by atoms with Crippen molar-refractivity contribution in [3.63, 3.8) is 0 Å². The number of aromatic nitrogens is 6. The van der Waals surface area contributed by atoms with Crippen LogP contribution in [0.15, 0.2) is 358 Å². The maximum atomic E-state index is 10.1. The van der Waals surface area contributed by atoms with Crippen molar-refractivity contribution in [1.29, 1.82) is 0 Å². The van der Waals surface area contributed by atoms with Gasteiger partial charge in [-0.1, -0.05) is 259 Å². The van der Waals surface area contributed by atoms with Crippen molar-refractivity contribution in [1.82, 2.24) is 29.9 Å². The number of hydrogen-bond donors (Lipinski definition) is 6. The molecule has 0 unspecified atom stereocenters. The minimum atomic E-state index is 0. The number of thiazole rings is 2. The summed E-state index contributed by atoms with van der Waals surface area (Å²) in [6.07, 6.45) is 10.2. The molecular formula is C89H62Cl6N18Ni2O7S2Zn. The van der Waals surface area contributed by atoms with E-state index < -0.39 is 0 Å². The predicted octanol–water partition coefficient (Wildman–Crippen LogP) is 31.0. The Hall–Kier alpha value is -12.4. The molecule has 18 aromatic rings. The van der Waals surface area contributed by atoms with Gasteiger partial charge in [-0.3, -0.25) is 0 Å². The second kappa shape index (κ2) is 46.9. The summed E-state index contributed by atoms with van der Waals surface area (Å²) in [7, 11) is 0. The summed E-state index contributed by atoms with van der Waals surface area (Å²) < 4.78 is 5.61. The molecule has 0 spiro atoms. The molecule has 0 saturated carbocycles. The molecule has 0 radical (unpaired) electrons. The third kappa shape index (κ3) is 25.4. The SMILES string of the molecule is CCCOc1cccnc1N=Nc1c(O)ccc2ccccc12.Oc1ccc2ccccc2c1N=Nc1ncc(Cl)cc1Cl.Oc1ccc2ccccc2c1N=Nc1ncc(Cl)cc1Cl.Oc1ccc2ccccc2c1N=Nc1ncc(Cl)cc1Cl.Oc1ccc2ccccc2c1N=Nc1nccs1.Oc1ccc2ccccc2c1N=Nc1nccs1.[Ni].[Ni].[Zn]. The van der Waals surface area contributed by atoms with Crippen molar-refractivity contribution in [2.75, 3.05) is 6.61 Å². The Balaban J connectivity index is 0.000000156. The summed E-state index contributed by atoms with van der Waals surface area (Å²) in [5.74, 6) is 2.16. The average Bonchev–Trinajstić information content (AvgIpc) is 0.854. The Morgan fingerprint density at radius 2 is 0.544 bits per heavy atom. The molecule has 125 heavy (non-hydrogen) atoms. The maximum Gasteiger partial charge on any atom is 0.229 e. The van der Waals surface area contributed by atoms with E-state index in [0.717, 1.165) is 71.1 Å². The van der Waals surface area contributed by atoms with Gasteiger partial charge in [0.05, 0.1) is 36.7 Å². The van der Waals surface area contributed by atoms with Crippen molar-refractivity contribution >= 4 is 225 Å². The van der Waals surface area contributed by atoms with Crippen LogP contribution in [0.2, 0.25) is 30.1 Å². The molecule has 36 heteroatoms. The van der Waals surface area contributed by atoms with E-state index in [1.807, 2.05) is 200 Å². The van der Waals surface area contributed by atoms with Crippen molar-refractivity contribution in [2.45, 2.75) is 13.3 Å². The second-order valence-corrected chi connectivity index (χ2v) is 29.6. The standard InChI is InChI=1S/C18H17N3O2.3C15H9Cl2N3O.2C13H9N3OS.2Ni.Zn/c1-2-12-23-16-8-5-11-19-18(16)21-20-17-14-7-4-3-6-13(14)9-10-15(17)22;3*16-10-7-12(17)15(18-8-10)20-19-14-11-4-2-1-3-9(11)5-6-13(14)21;2*17-11-6-5-9-3-1-2-4-10(9)12(11)15-16-13-14-7-8-18-13;;;/h3-11,22H,2,12H2,1H3;3*1-8,21H;2*1-8,17H;;;. The van der Waals surface area contributed by atoms with Crippen LogP contribution in [-0.4, -0.2) is 67.1 Å². The maximum absolute atomic E-state index is 10.1. The Kier molecular flexibility index (Phi) is 35.6. The number of halogens is 6. The first-order valence-corrected chi connectivity index (χ1v) is 40.5. The van der Waals surface area contributed by atoms with Gasteiger partial charge in [0, 0.05) is 133 Å². The van der Waals surface area contributed by atoms with E-state index in [4.69, 9.17) is 74.3 Å². The Morgan fingerprint density at radius 3 is 0.792 bits per heavy atom. The van der Waals surface area contributed by atoms with E-state index in [2.05, 4.69) is 91.3 Å². The van der Waals surface area contributed by atoms with E-state index in [1.54, 1.807) is 67.1 Å². The monoisotopic (exact) mass is 1950 g/mol. The largest absolute Gasteiger partial charge is 0.506 e. The fourth-order valence-electron chi connectivity index (χ4n) is 11.4. The number of nitrogens with zero attached hydrogens (tertiary/aromatic N) is 18. The van der Waals surface area contributed by atoms with Crippen LogP contribution in [-0.2, 0) is 52.5 Å². The van der Waals surface area contributed by atoms with Gasteiger partial charge in [0.25, 0.3) is 0 Å². The van der Waals surface area contributed by atoms with E-state index in [1.165, 1.54) is 59.5 Å². The van der Waals surface area contributed by atoms with Crippen LogP contribution in [0.3, 0.4) is 0 Å². The molecule has 0 aliphatic heterocycles. The van der Waals surface area contributed by atoms with Gasteiger partial charge in [-0.15, -0.1) is 84.0 Å². The molecule has 6 N–H and O–H groups in total. The molecule has 12 aromatic carbocycles. The Labute approximate surface area is 783 Å². The molecule has 0 fully saturated rings. The summed E-state index contributed by atoms with van der Waals surface area (Å²) in [6, 6.07) is 74.7. The number of fused-ring (bicyclic) bond motifs is 6. The summed E-state index contributed by atoms with van der Waals surface area (Å²) >= 11 is 38.1. The molecule has 6 heterocycles. The quantitative estimate of drug-likeness (QED) is 0.0411. The summed E-state index contributed by atoms with van der Waals surface area (Å²) in [4.78, 5) is 24.2. The van der Waals surface area contributed by atoms with Crippen molar-refractivity contribution < 1.29 is 87.8 Å². The van der Waals surface area contributed by atoms with E-state index in [9.17, 15) is 30.6 Å². The van der Waals surface area contributed by atoms with Gasteiger partial charge in [-0.25, -0.2) is 29.9 Å². The topological polar surface area (TPSA) is 356 Å². The number of hydrogen-bond acceptors (Lipinski definition) is 27. The van der Waals surface area contributed by atoms with E-state index >= 15 is 0 Å². The zero-order valence-corrected chi connectivity index (χ0v) is 75.9. The molecule has 0 amide bonds. The van der Waals surface area contributed by atoms with Crippen molar-refractivity contribution in [2.24, 2.45) is 61.4 Å². The number of phenolic OH excluding ortho intramolecular Hbond substituents is 6. The van der Waals surface area contributed by atoms with Crippen LogP contribution in [0.1, 0.15) is 13.3 Å². The number of rotatable bonds is 15. The zero-order chi connectivity index (χ0) is 85.3. The second-order valence-electron chi connectivity index (χ2n) is 25.3. The normalized spacial score (nSPS) is 11.0. The first-order chi connectivity index (χ1) is 59.4. The van der Waals surface area contributed by atoms with Crippen LogP contribution in [0, 0.1) is 0 Å². The van der Waals surface area contributed by atoms with Gasteiger partial charge in [0.2, 0.25) is 16.1 Å². The van der Waals surface area contributed by atoms with Crippen LogP contribution >= 0.6 is 92.3 Å². The van der Waals surface area contributed by atoms with E-state index in [-0.39, 0.29) is 104 Å². The number of benzene rings is 12.